The molecule has 0 saturated heterocycles. The number of carbonyl (C=O) groups is 1. The smallest absolute Gasteiger partial charge is 0.230 e. The van der Waals surface area contributed by atoms with Crippen LogP contribution in [0.4, 0.5) is 10.1 Å². The third-order valence-corrected chi connectivity index (χ3v) is 2.74. The number of rotatable bonds is 4. The number of anilines is 1. The van der Waals surface area contributed by atoms with Gasteiger partial charge in [-0.1, -0.05) is 0 Å². The average molecular weight is 228 g/mol. The highest BCUT2D eigenvalue weighted by atomic mass is 32.2. The van der Waals surface area contributed by atoms with Crippen LogP contribution < -0.4 is 11.1 Å². The molecular formula is C10H13FN2OS. The molecule has 0 bridgehead atoms. The Balaban J connectivity index is 2.54. The van der Waals surface area contributed by atoms with Crippen LogP contribution in [0, 0.1) is 5.82 Å². The van der Waals surface area contributed by atoms with Crippen molar-refractivity contribution in [1.29, 1.82) is 0 Å². The predicted octanol–water partition coefficient (Wildman–Crippen LogP) is 1.64. The maximum absolute atomic E-state index is 13.3. The number of benzene rings is 1. The first-order valence-electron chi connectivity index (χ1n) is 4.58. The van der Waals surface area contributed by atoms with E-state index in [2.05, 4.69) is 5.32 Å². The van der Waals surface area contributed by atoms with E-state index in [0.29, 0.717) is 17.1 Å². The summed E-state index contributed by atoms with van der Waals surface area (Å²) in [5.74, 6) is -0.266. The minimum absolute atomic E-state index is 0.0984. The van der Waals surface area contributed by atoms with Crippen LogP contribution in [0.1, 0.15) is 6.92 Å². The Morgan fingerprint density at radius 1 is 1.60 bits per heavy atom. The first-order chi connectivity index (χ1) is 7.13. The maximum Gasteiger partial charge on any atom is 0.230 e. The SMILES string of the molecule is CCNC(=O)CSc1ccc(N)cc1F. The Bertz CT molecular complexity index is 357. The second-order valence-corrected chi connectivity index (χ2v) is 3.95. The summed E-state index contributed by atoms with van der Waals surface area (Å²) < 4.78 is 13.3. The van der Waals surface area contributed by atoms with Crippen LogP contribution in [0.2, 0.25) is 0 Å². The minimum Gasteiger partial charge on any atom is -0.399 e. The molecule has 1 rings (SSSR count). The van der Waals surface area contributed by atoms with Crippen LogP contribution in [0.3, 0.4) is 0 Å². The summed E-state index contributed by atoms with van der Waals surface area (Å²) in [4.78, 5) is 11.6. The van der Waals surface area contributed by atoms with E-state index in [4.69, 9.17) is 5.73 Å². The fourth-order valence-electron chi connectivity index (χ4n) is 1.03. The van der Waals surface area contributed by atoms with Crippen molar-refractivity contribution in [1.82, 2.24) is 5.32 Å². The average Bonchev–Trinajstić information content (AvgIpc) is 2.17. The first-order valence-corrected chi connectivity index (χ1v) is 5.56. The lowest BCUT2D eigenvalue weighted by molar-refractivity contribution is -0.118. The lowest BCUT2D eigenvalue weighted by Gasteiger charge is -2.04. The summed E-state index contributed by atoms with van der Waals surface area (Å²) >= 11 is 1.16. The van der Waals surface area contributed by atoms with Gasteiger partial charge < -0.3 is 11.1 Å². The Labute approximate surface area is 92.2 Å². The summed E-state index contributed by atoms with van der Waals surface area (Å²) in [5, 5.41) is 2.64. The molecular weight excluding hydrogens is 215 g/mol. The highest BCUT2D eigenvalue weighted by molar-refractivity contribution is 8.00. The van der Waals surface area contributed by atoms with Gasteiger partial charge in [0.1, 0.15) is 5.82 Å². The van der Waals surface area contributed by atoms with Crippen LogP contribution in [0.15, 0.2) is 23.1 Å². The van der Waals surface area contributed by atoms with Crippen molar-refractivity contribution < 1.29 is 9.18 Å². The number of nitrogen functional groups attached to an aromatic ring is 1. The highest BCUT2D eigenvalue weighted by Gasteiger charge is 2.06. The number of nitrogens with one attached hydrogen (secondary N) is 1. The maximum atomic E-state index is 13.3. The normalized spacial score (nSPS) is 10.0. The van der Waals surface area contributed by atoms with E-state index in [1.165, 1.54) is 6.07 Å². The van der Waals surface area contributed by atoms with Crippen LogP contribution in [0.25, 0.3) is 0 Å². The quantitative estimate of drug-likeness (QED) is 0.608. The standard InChI is InChI=1S/C10H13FN2OS/c1-2-13-10(14)6-15-9-4-3-7(12)5-8(9)11/h3-5H,2,6,12H2,1H3,(H,13,14). The molecule has 0 fully saturated rings. The van der Waals surface area contributed by atoms with E-state index < -0.39 is 0 Å². The van der Waals surface area contributed by atoms with E-state index in [1.807, 2.05) is 6.92 Å². The zero-order valence-corrected chi connectivity index (χ0v) is 9.23. The van der Waals surface area contributed by atoms with Crippen LogP contribution in [-0.4, -0.2) is 18.2 Å². The van der Waals surface area contributed by atoms with Gasteiger partial charge in [0, 0.05) is 17.1 Å². The fraction of sp³-hybridized carbons (Fsp3) is 0.300. The zero-order valence-electron chi connectivity index (χ0n) is 8.42. The molecule has 0 heterocycles. The first kappa shape index (κ1) is 11.8. The molecule has 0 atom stereocenters. The van der Waals surface area contributed by atoms with Crippen LogP contribution >= 0.6 is 11.8 Å². The van der Waals surface area contributed by atoms with Crippen LogP contribution in [-0.2, 0) is 4.79 Å². The molecule has 1 amide bonds. The number of amides is 1. The molecule has 3 nitrogen and oxygen atoms in total. The molecule has 0 radical (unpaired) electrons. The van der Waals surface area contributed by atoms with Gasteiger partial charge >= 0.3 is 0 Å². The Kier molecular flexibility index (Phi) is 4.42. The van der Waals surface area contributed by atoms with Crippen molar-refractivity contribution in [2.24, 2.45) is 0 Å². The minimum atomic E-state index is -0.385. The molecule has 3 N–H and O–H groups in total. The summed E-state index contributed by atoms with van der Waals surface area (Å²) in [7, 11) is 0. The van der Waals surface area contributed by atoms with Crippen molar-refractivity contribution in [3.05, 3.63) is 24.0 Å². The van der Waals surface area contributed by atoms with E-state index in [-0.39, 0.29) is 17.5 Å². The van der Waals surface area contributed by atoms with Crippen molar-refractivity contribution in [2.75, 3.05) is 18.0 Å². The van der Waals surface area contributed by atoms with E-state index in [1.54, 1.807) is 12.1 Å². The van der Waals surface area contributed by atoms with Crippen molar-refractivity contribution in [2.45, 2.75) is 11.8 Å². The second kappa shape index (κ2) is 5.60. The lowest BCUT2D eigenvalue weighted by atomic mass is 10.3. The molecule has 0 aliphatic heterocycles. The van der Waals surface area contributed by atoms with Crippen molar-refractivity contribution in [3.63, 3.8) is 0 Å². The topological polar surface area (TPSA) is 55.1 Å². The molecule has 0 spiro atoms. The third kappa shape index (κ3) is 3.79. The van der Waals surface area contributed by atoms with E-state index in [9.17, 15) is 9.18 Å². The summed E-state index contributed by atoms with van der Waals surface area (Å²) in [6.07, 6.45) is 0. The van der Waals surface area contributed by atoms with Gasteiger partial charge in [-0.05, 0) is 25.1 Å². The molecule has 5 heteroatoms. The Hall–Kier alpha value is -1.23. The van der Waals surface area contributed by atoms with Gasteiger partial charge in [0.15, 0.2) is 0 Å². The van der Waals surface area contributed by atoms with Crippen molar-refractivity contribution in [3.8, 4) is 0 Å². The molecule has 15 heavy (non-hydrogen) atoms. The zero-order chi connectivity index (χ0) is 11.3. The number of thioether (sulfide) groups is 1. The van der Waals surface area contributed by atoms with Gasteiger partial charge in [-0.25, -0.2) is 4.39 Å². The lowest BCUT2D eigenvalue weighted by Crippen LogP contribution is -2.24. The molecule has 1 aromatic rings. The third-order valence-electron chi connectivity index (χ3n) is 1.69. The number of hydrogen-bond acceptors (Lipinski definition) is 3. The van der Waals surface area contributed by atoms with Crippen molar-refractivity contribution >= 4 is 23.4 Å². The van der Waals surface area contributed by atoms with Gasteiger partial charge in [0.05, 0.1) is 5.75 Å². The number of nitrogens with two attached hydrogens (primary N) is 1. The Morgan fingerprint density at radius 3 is 2.93 bits per heavy atom. The second-order valence-electron chi connectivity index (χ2n) is 2.93. The molecule has 0 saturated carbocycles. The number of carbonyl (C=O) groups excluding carboxylic acids is 1. The van der Waals surface area contributed by atoms with E-state index in [0.717, 1.165) is 11.8 Å². The summed E-state index contributed by atoms with van der Waals surface area (Å²) in [6, 6.07) is 4.44. The molecule has 82 valence electrons. The van der Waals surface area contributed by atoms with Gasteiger partial charge in [-0.15, -0.1) is 11.8 Å². The highest BCUT2D eigenvalue weighted by Crippen LogP contribution is 2.22. The number of hydrogen-bond donors (Lipinski definition) is 2. The summed E-state index contributed by atoms with van der Waals surface area (Å²) in [6.45, 7) is 2.43. The van der Waals surface area contributed by atoms with Gasteiger partial charge in [0.2, 0.25) is 5.91 Å². The molecule has 0 aliphatic rings. The molecule has 0 aliphatic carbocycles. The summed E-state index contributed by atoms with van der Waals surface area (Å²) in [5.41, 5.74) is 5.79. The van der Waals surface area contributed by atoms with Gasteiger partial charge in [-0.2, -0.15) is 0 Å². The molecule has 0 aromatic heterocycles. The predicted molar refractivity (Wildman–Crippen MR) is 60.2 cm³/mol. The monoisotopic (exact) mass is 228 g/mol. The Morgan fingerprint density at radius 2 is 2.33 bits per heavy atom. The largest absolute Gasteiger partial charge is 0.399 e. The van der Waals surface area contributed by atoms with Crippen LogP contribution in [0.5, 0.6) is 0 Å². The van der Waals surface area contributed by atoms with Gasteiger partial charge in [-0.3, -0.25) is 4.79 Å². The molecule has 0 unspecified atom stereocenters. The molecule has 1 aromatic carbocycles. The van der Waals surface area contributed by atoms with E-state index >= 15 is 0 Å². The fourth-order valence-corrected chi connectivity index (χ4v) is 1.78. The van der Waals surface area contributed by atoms with Gasteiger partial charge in [0.25, 0.3) is 0 Å². The number of halogens is 1.